The number of hydrogen-bond donors (Lipinski definition) is 2. The van der Waals surface area contributed by atoms with Crippen molar-refractivity contribution in [3.8, 4) is 11.8 Å². The Morgan fingerprint density at radius 1 is 1.11 bits per heavy atom. The fourth-order valence-electron chi connectivity index (χ4n) is 2.40. The zero-order valence-electron chi connectivity index (χ0n) is 16.2. The molecule has 2 rings (SSSR count). The van der Waals surface area contributed by atoms with Gasteiger partial charge in [-0.2, -0.15) is 5.26 Å². The Kier molecular flexibility index (Phi) is 6.44. The van der Waals surface area contributed by atoms with Gasteiger partial charge in [-0.15, -0.1) is 0 Å². The Morgan fingerprint density at radius 2 is 1.71 bits per heavy atom. The van der Waals surface area contributed by atoms with E-state index in [-0.39, 0.29) is 16.3 Å². The van der Waals surface area contributed by atoms with Gasteiger partial charge in [0.2, 0.25) is 10.0 Å². The Hall–Kier alpha value is -2.89. The van der Waals surface area contributed by atoms with E-state index in [1.807, 2.05) is 6.07 Å². The van der Waals surface area contributed by atoms with Gasteiger partial charge >= 0.3 is 0 Å². The Balaban J connectivity index is 2.22. The van der Waals surface area contributed by atoms with E-state index in [0.29, 0.717) is 5.56 Å². The molecule has 28 heavy (non-hydrogen) atoms. The molecule has 0 aliphatic carbocycles. The first kappa shape index (κ1) is 21.4. The van der Waals surface area contributed by atoms with Crippen LogP contribution in [0.15, 0.2) is 53.4 Å². The van der Waals surface area contributed by atoms with Gasteiger partial charge in [0.05, 0.1) is 11.3 Å². The lowest BCUT2D eigenvalue weighted by Gasteiger charge is -2.22. The lowest BCUT2D eigenvalue weighted by molar-refractivity contribution is -0.122. The van der Waals surface area contributed by atoms with Crippen molar-refractivity contribution in [1.29, 1.82) is 5.26 Å². The van der Waals surface area contributed by atoms with Crippen LogP contribution in [0.2, 0.25) is 0 Å². The minimum atomic E-state index is -3.84. The summed E-state index contributed by atoms with van der Waals surface area (Å²) in [5.74, 6) is -0.255. The second-order valence-electron chi connectivity index (χ2n) is 7.21. The van der Waals surface area contributed by atoms with E-state index in [0.717, 1.165) is 0 Å². The van der Waals surface area contributed by atoms with E-state index in [1.54, 1.807) is 57.2 Å². The number of ether oxygens (including phenoxy) is 1. The highest BCUT2D eigenvalue weighted by atomic mass is 32.2. The summed E-state index contributed by atoms with van der Waals surface area (Å²) in [6.45, 7) is 6.71. The summed E-state index contributed by atoms with van der Waals surface area (Å²) in [4.78, 5) is 12.5. The van der Waals surface area contributed by atoms with E-state index in [9.17, 15) is 13.2 Å². The van der Waals surface area contributed by atoms with Gasteiger partial charge in [0.1, 0.15) is 16.7 Å². The number of nitriles is 1. The molecule has 2 aromatic rings. The molecule has 0 fully saturated rings. The fourth-order valence-corrected chi connectivity index (χ4v) is 3.98. The van der Waals surface area contributed by atoms with Gasteiger partial charge in [-0.05, 0) is 52.0 Å². The number of amides is 1. The summed E-state index contributed by atoms with van der Waals surface area (Å²) >= 11 is 0. The molecule has 8 heteroatoms. The summed E-state index contributed by atoms with van der Waals surface area (Å²) in [7, 11) is -3.84. The summed E-state index contributed by atoms with van der Waals surface area (Å²) < 4.78 is 33.5. The predicted molar refractivity (Wildman–Crippen MR) is 106 cm³/mol. The van der Waals surface area contributed by atoms with E-state index in [2.05, 4.69) is 10.0 Å². The second kappa shape index (κ2) is 8.42. The van der Waals surface area contributed by atoms with Crippen LogP contribution in [0.3, 0.4) is 0 Å². The number of anilines is 1. The van der Waals surface area contributed by atoms with Crippen molar-refractivity contribution in [2.45, 2.75) is 44.2 Å². The van der Waals surface area contributed by atoms with Crippen LogP contribution in [0.5, 0.6) is 5.75 Å². The van der Waals surface area contributed by atoms with Crippen LogP contribution >= 0.6 is 0 Å². The van der Waals surface area contributed by atoms with Crippen LogP contribution < -0.4 is 14.8 Å². The topological polar surface area (TPSA) is 108 Å². The number of benzene rings is 2. The highest BCUT2D eigenvalue weighted by Gasteiger charge is 2.26. The van der Waals surface area contributed by atoms with Crippen molar-refractivity contribution >= 4 is 21.6 Å². The first-order valence-corrected chi connectivity index (χ1v) is 10.1. The molecule has 0 bridgehead atoms. The quantitative estimate of drug-likeness (QED) is 0.773. The molecule has 2 aromatic carbocycles. The Morgan fingerprint density at radius 3 is 2.36 bits per heavy atom. The van der Waals surface area contributed by atoms with Crippen LogP contribution in [0.1, 0.15) is 33.3 Å². The van der Waals surface area contributed by atoms with E-state index in [1.165, 1.54) is 19.1 Å². The third-order valence-electron chi connectivity index (χ3n) is 3.56. The van der Waals surface area contributed by atoms with Gasteiger partial charge in [0.25, 0.3) is 5.91 Å². The number of nitrogens with one attached hydrogen (secondary N) is 2. The van der Waals surface area contributed by atoms with Gasteiger partial charge in [0.15, 0.2) is 6.10 Å². The summed E-state index contributed by atoms with van der Waals surface area (Å²) in [6.07, 6.45) is -0.944. The highest BCUT2D eigenvalue weighted by molar-refractivity contribution is 7.89. The number of para-hydroxylation sites is 2. The summed E-state index contributed by atoms with van der Waals surface area (Å²) in [6, 6.07) is 14.7. The highest BCUT2D eigenvalue weighted by Crippen LogP contribution is 2.23. The maximum absolute atomic E-state index is 12.7. The summed E-state index contributed by atoms with van der Waals surface area (Å²) in [5.41, 5.74) is -0.222. The molecule has 0 aliphatic rings. The lowest BCUT2D eigenvalue weighted by atomic mass is 10.1. The minimum Gasteiger partial charge on any atom is -0.480 e. The van der Waals surface area contributed by atoms with Crippen molar-refractivity contribution in [2.75, 3.05) is 5.32 Å². The first-order valence-electron chi connectivity index (χ1n) is 8.63. The molecule has 0 aromatic heterocycles. The number of nitrogens with zero attached hydrogens (tertiary/aromatic N) is 1. The van der Waals surface area contributed by atoms with E-state index in [4.69, 9.17) is 10.00 Å². The molecule has 1 atom stereocenters. The van der Waals surface area contributed by atoms with Crippen LogP contribution in [-0.4, -0.2) is 26.0 Å². The van der Waals surface area contributed by atoms with Crippen LogP contribution in [0.25, 0.3) is 0 Å². The van der Waals surface area contributed by atoms with Crippen molar-refractivity contribution in [2.24, 2.45) is 0 Å². The maximum atomic E-state index is 12.7. The molecule has 0 spiro atoms. The average molecular weight is 401 g/mol. The molecule has 0 aliphatic heterocycles. The van der Waals surface area contributed by atoms with Crippen molar-refractivity contribution in [3.63, 3.8) is 0 Å². The molecule has 0 radical (unpaired) electrons. The van der Waals surface area contributed by atoms with E-state index >= 15 is 0 Å². The largest absolute Gasteiger partial charge is 0.480 e. The van der Waals surface area contributed by atoms with Crippen LogP contribution in [-0.2, 0) is 14.8 Å². The van der Waals surface area contributed by atoms with Crippen molar-refractivity contribution in [3.05, 3.63) is 54.1 Å². The molecule has 1 amide bonds. The maximum Gasteiger partial charge on any atom is 0.265 e. The van der Waals surface area contributed by atoms with E-state index < -0.39 is 27.6 Å². The monoisotopic (exact) mass is 401 g/mol. The van der Waals surface area contributed by atoms with Crippen LogP contribution in [0, 0.1) is 11.3 Å². The predicted octanol–water partition coefficient (Wildman–Crippen LogP) is 3.04. The molecule has 2 N–H and O–H groups in total. The molecule has 7 nitrogen and oxygen atoms in total. The lowest BCUT2D eigenvalue weighted by Crippen LogP contribution is -2.41. The SMILES string of the molecule is CC(Oc1ccccc1C#N)C(=O)Nc1ccccc1S(=O)(=O)NC(C)(C)C. The summed E-state index contributed by atoms with van der Waals surface area (Å²) in [5, 5.41) is 11.7. The molecular formula is C20H23N3O4S. The molecule has 1 unspecified atom stereocenters. The Bertz CT molecular complexity index is 1000. The average Bonchev–Trinajstić information content (AvgIpc) is 2.60. The van der Waals surface area contributed by atoms with Gasteiger partial charge in [-0.1, -0.05) is 24.3 Å². The number of rotatable bonds is 6. The standard InChI is InChI=1S/C20H23N3O4S/c1-14(27-17-11-7-5-9-15(17)13-21)19(24)22-16-10-6-8-12-18(16)28(25,26)23-20(2,3)4/h5-12,14,23H,1-4H3,(H,22,24). The van der Waals surface area contributed by atoms with Gasteiger partial charge < -0.3 is 10.1 Å². The zero-order chi connectivity index (χ0) is 20.9. The zero-order valence-corrected chi connectivity index (χ0v) is 17.0. The molecule has 148 valence electrons. The van der Waals surface area contributed by atoms with Crippen LogP contribution in [0.4, 0.5) is 5.69 Å². The normalized spacial score (nSPS) is 12.7. The second-order valence-corrected chi connectivity index (χ2v) is 8.86. The van der Waals surface area contributed by atoms with Gasteiger partial charge in [-0.25, -0.2) is 13.1 Å². The smallest absolute Gasteiger partial charge is 0.265 e. The number of sulfonamides is 1. The number of carbonyl (C=O) groups is 1. The number of carbonyl (C=O) groups excluding carboxylic acids is 1. The molecule has 0 heterocycles. The van der Waals surface area contributed by atoms with Crippen molar-refractivity contribution in [1.82, 2.24) is 4.72 Å². The molecular weight excluding hydrogens is 378 g/mol. The third-order valence-corrected chi connectivity index (χ3v) is 5.37. The molecule has 0 saturated heterocycles. The molecule has 0 saturated carbocycles. The fraction of sp³-hybridized carbons (Fsp3) is 0.300. The third kappa shape index (κ3) is 5.55. The minimum absolute atomic E-state index is 0.0390. The van der Waals surface area contributed by atoms with Crippen molar-refractivity contribution < 1.29 is 17.9 Å². The van der Waals surface area contributed by atoms with Gasteiger partial charge in [-0.3, -0.25) is 4.79 Å². The number of hydrogen-bond acceptors (Lipinski definition) is 5. The van der Waals surface area contributed by atoms with Gasteiger partial charge in [0, 0.05) is 5.54 Å². The Labute approximate surface area is 165 Å². The first-order chi connectivity index (χ1) is 13.0.